The van der Waals surface area contributed by atoms with Crippen molar-refractivity contribution in [1.29, 1.82) is 0 Å². The number of nitrogens with two attached hydrogens (primary N) is 1. The molecule has 0 aliphatic carbocycles. The molecule has 13 heavy (non-hydrogen) atoms. The van der Waals surface area contributed by atoms with Crippen molar-refractivity contribution in [1.82, 2.24) is 4.90 Å². The highest BCUT2D eigenvalue weighted by Gasteiger charge is 2.44. The summed E-state index contributed by atoms with van der Waals surface area (Å²) in [5.74, 6) is -2.84. The van der Waals surface area contributed by atoms with Gasteiger partial charge in [0.05, 0.1) is 12.6 Å². The number of hydrogen-bond acceptors (Lipinski definition) is 2. The molecular formula is C9H22F2N2. The molecule has 1 aliphatic heterocycles. The molecule has 1 fully saturated rings. The molecule has 2 atom stereocenters. The predicted octanol–water partition coefficient (Wildman–Crippen LogP) is 1.80. The molecule has 2 nitrogen and oxygen atoms in total. The lowest BCUT2D eigenvalue weighted by Gasteiger charge is -2.38. The molecule has 1 heterocycles. The number of piperidine rings is 1. The largest absolute Gasteiger partial charge is 0.322 e. The van der Waals surface area contributed by atoms with Gasteiger partial charge in [-0.15, -0.1) is 0 Å². The minimum absolute atomic E-state index is 0. The number of alkyl halides is 2. The molecule has 0 saturated carbocycles. The van der Waals surface area contributed by atoms with E-state index in [0.717, 1.165) is 0 Å². The summed E-state index contributed by atoms with van der Waals surface area (Å²) >= 11 is 0. The summed E-state index contributed by atoms with van der Waals surface area (Å²) in [7, 11) is 1.69. The maximum atomic E-state index is 12.9. The van der Waals surface area contributed by atoms with Crippen molar-refractivity contribution in [2.24, 2.45) is 11.7 Å². The first kappa shape index (κ1) is 12.8. The third-order valence-corrected chi connectivity index (χ3v) is 2.18. The van der Waals surface area contributed by atoms with Crippen molar-refractivity contribution < 1.29 is 10.2 Å². The van der Waals surface area contributed by atoms with Crippen molar-refractivity contribution in [2.45, 2.75) is 32.7 Å². The molecule has 0 bridgehead atoms. The highest BCUT2D eigenvalue weighted by atomic mass is 19.3. The van der Waals surface area contributed by atoms with Gasteiger partial charge in [0.15, 0.2) is 0 Å². The minimum atomic E-state index is -2.72. The molecule has 1 aliphatic rings. The van der Waals surface area contributed by atoms with Crippen molar-refractivity contribution in [3.05, 3.63) is 0 Å². The first-order valence-electron chi connectivity index (χ1n) is 4.75. The van der Waals surface area contributed by atoms with E-state index >= 15 is 0 Å². The quantitative estimate of drug-likeness (QED) is 0.640. The lowest BCUT2D eigenvalue weighted by Crippen LogP contribution is -2.58. The average Bonchev–Trinajstić information content (AvgIpc) is 2.03. The van der Waals surface area contributed by atoms with Gasteiger partial charge in [0, 0.05) is 7.97 Å². The van der Waals surface area contributed by atoms with Crippen molar-refractivity contribution in [3.8, 4) is 0 Å². The second-order valence-corrected chi connectivity index (χ2v) is 3.46. The van der Waals surface area contributed by atoms with Crippen LogP contribution in [0.15, 0.2) is 0 Å². The van der Waals surface area contributed by atoms with Crippen LogP contribution in [0.3, 0.4) is 0 Å². The van der Waals surface area contributed by atoms with Crippen LogP contribution in [0.5, 0.6) is 0 Å². The van der Waals surface area contributed by atoms with Gasteiger partial charge in [-0.3, -0.25) is 0 Å². The van der Waals surface area contributed by atoms with E-state index in [0.29, 0.717) is 6.54 Å². The van der Waals surface area contributed by atoms with Crippen LogP contribution in [-0.2, 0) is 0 Å². The summed E-state index contributed by atoms with van der Waals surface area (Å²) in [6.07, 6.45) is 0. The summed E-state index contributed by atoms with van der Waals surface area (Å²) in [6.45, 7) is 6.21. The molecule has 82 valence electrons. The number of hydrogen-bond donors (Lipinski definition) is 1. The van der Waals surface area contributed by atoms with Crippen molar-refractivity contribution in [3.63, 3.8) is 0 Å². The lowest BCUT2D eigenvalue weighted by molar-refractivity contribution is -0.0920. The lowest BCUT2D eigenvalue weighted by atomic mass is 9.92. The fraction of sp³-hybridized carbons (Fsp3) is 1.00. The van der Waals surface area contributed by atoms with Crippen LogP contribution >= 0.6 is 0 Å². The summed E-state index contributed by atoms with van der Waals surface area (Å²) in [4.78, 5) is 1.62. The number of nitrogens with zero attached hydrogens (tertiary/aromatic N) is 1. The Morgan fingerprint density at radius 3 is 2.31 bits per heavy atom. The van der Waals surface area contributed by atoms with Crippen LogP contribution in [0.4, 0.5) is 8.78 Å². The number of halogens is 2. The summed E-state index contributed by atoms with van der Waals surface area (Å²) < 4.78 is 25.9. The van der Waals surface area contributed by atoms with Crippen LogP contribution < -0.4 is 5.73 Å². The molecule has 0 unspecified atom stereocenters. The van der Waals surface area contributed by atoms with Gasteiger partial charge >= 0.3 is 0 Å². The molecule has 0 spiro atoms. The van der Waals surface area contributed by atoms with E-state index in [1.807, 2.05) is 13.8 Å². The molecule has 2 N–H and O–H groups in total. The molecule has 0 aromatic rings. The zero-order valence-corrected chi connectivity index (χ0v) is 8.85. The van der Waals surface area contributed by atoms with Crippen LogP contribution in [0.1, 0.15) is 22.2 Å². The monoisotopic (exact) mass is 196 g/mol. The maximum absolute atomic E-state index is 12.9. The van der Waals surface area contributed by atoms with Gasteiger partial charge in [0.2, 0.25) is 0 Å². The second-order valence-electron chi connectivity index (χ2n) is 3.46. The van der Waals surface area contributed by atoms with Gasteiger partial charge in [-0.2, -0.15) is 0 Å². The fourth-order valence-corrected chi connectivity index (χ4v) is 1.55. The van der Waals surface area contributed by atoms with Gasteiger partial charge in [0.1, 0.15) is 0 Å². The topological polar surface area (TPSA) is 29.3 Å². The van der Waals surface area contributed by atoms with Gasteiger partial charge in [-0.1, -0.05) is 20.8 Å². The Kier molecular flexibility index (Phi) is 4.78. The number of likely N-dealkylation sites (tertiary alicyclic amines) is 1. The summed E-state index contributed by atoms with van der Waals surface area (Å²) in [6, 6.07) is -0.973. The Morgan fingerprint density at radius 1 is 1.46 bits per heavy atom. The van der Waals surface area contributed by atoms with Crippen molar-refractivity contribution in [2.75, 3.05) is 20.1 Å². The average molecular weight is 196 g/mol. The normalized spacial score (nSPS) is 33.5. The summed E-state index contributed by atoms with van der Waals surface area (Å²) in [5.41, 5.74) is 5.34. The van der Waals surface area contributed by atoms with E-state index < -0.39 is 12.0 Å². The number of rotatable bonds is 0. The first-order valence-corrected chi connectivity index (χ1v) is 4.75. The Labute approximate surface area is 80.6 Å². The molecule has 1 rings (SSSR count). The van der Waals surface area contributed by atoms with Crippen molar-refractivity contribution >= 4 is 0 Å². The van der Waals surface area contributed by atoms with Gasteiger partial charge in [-0.05, 0) is 13.0 Å². The maximum Gasteiger partial charge on any atom is 0.275 e. The molecule has 4 heteroatoms. The van der Waals surface area contributed by atoms with Gasteiger partial charge in [0.25, 0.3) is 5.92 Å². The smallest absolute Gasteiger partial charge is 0.275 e. The molecule has 0 amide bonds. The Bertz CT molecular complexity index is 156. The van der Waals surface area contributed by atoms with E-state index in [9.17, 15) is 8.78 Å². The SMILES string of the molecule is CC.C[C@H]1CN(C)CC(F)(F)[C@H]1N.[HH]. The molecule has 1 saturated heterocycles. The van der Waals surface area contributed by atoms with E-state index in [1.165, 1.54) is 0 Å². The Morgan fingerprint density at radius 2 is 1.92 bits per heavy atom. The standard InChI is InChI=1S/C7H14F2N2.C2H6.H2/c1-5-3-11(2)4-7(8,9)6(5)10;1-2;/h5-6H,3-4,10H2,1-2H3;1-2H3;1H/t5-,6-;;/m0../s1. The highest BCUT2D eigenvalue weighted by molar-refractivity contribution is 4.92. The van der Waals surface area contributed by atoms with Crippen LogP contribution in [0.25, 0.3) is 0 Å². The van der Waals surface area contributed by atoms with Crippen LogP contribution in [-0.4, -0.2) is 37.0 Å². The fourth-order valence-electron chi connectivity index (χ4n) is 1.55. The molecule has 0 radical (unpaired) electrons. The zero-order chi connectivity index (χ0) is 10.6. The van der Waals surface area contributed by atoms with E-state index in [-0.39, 0.29) is 13.9 Å². The Hall–Kier alpha value is -0.220. The molecule has 0 aromatic carbocycles. The van der Waals surface area contributed by atoms with E-state index in [2.05, 4.69) is 0 Å². The van der Waals surface area contributed by atoms with Crippen LogP contribution in [0, 0.1) is 5.92 Å². The van der Waals surface area contributed by atoms with Crippen LogP contribution in [0.2, 0.25) is 0 Å². The zero-order valence-electron chi connectivity index (χ0n) is 8.85. The highest BCUT2D eigenvalue weighted by Crippen LogP contribution is 2.28. The van der Waals surface area contributed by atoms with E-state index in [4.69, 9.17) is 5.73 Å². The van der Waals surface area contributed by atoms with Gasteiger partial charge < -0.3 is 10.6 Å². The molecular weight excluding hydrogens is 174 g/mol. The first-order chi connectivity index (χ1) is 5.93. The third-order valence-electron chi connectivity index (χ3n) is 2.18. The minimum Gasteiger partial charge on any atom is -0.322 e. The third kappa shape index (κ3) is 3.19. The van der Waals surface area contributed by atoms with Gasteiger partial charge in [-0.25, -0.2) is 8.78 Å². The Balaban J connectivity index is 0. The summed E-state index contributed by atoms with van der Waals surface area (Å²) in [5, 5.41) is 0. The van der Waals surface area contributed by atoms with E-state index in [1.54, 1.807) is 18.9 Å². The second kappa shape index (κ2) is 4.86. The molecule has 0 aromatic heterocycles. The predicted molar refractivity (Wildman–Crippen MR) is 53.0 cm³/mol.